The van der Waals surface area contributed by atoms with Gasteiger partial charge in [0.2, 0.25) is 5.91 Å². The summed E-state index contributed by atoms with van der Waals surface area (Å²) in [5.74, 6) is 0.601. The Morgan fingerprint density at radius 1 is 1.00 bits per heavy atom. The molecule has 34 heavy (non-hydrogen) atoms. The summed E-state index contributed by atoms with van der Waals surface area (Å²) in [6.07, 6.45) is 1.27. The molecule has 5 nitrogen and oxygen atoms in total. The van der Waals surface area contributed by atoms with Gasteiger partial charge in [-0.15, -0.1) is 0 Å². The quantitative estimate of drug-likeness (QED) is 0.551. The highest BCUT2D eigenvalue weighted by Gasteiger charge is 2.31. The largest absolute Gasteiger partial charge is 0.484 e. The van der Waals surface area contributed by atoms with Gasteiger partial charge in [-0.05, 0) is 54.7 Å². The summed E-state index contributed by atoms with van der Waals surface area (Å²) >= 11 is 0. The van der Waals surface area contributed by atoms with Crippen LogP contribution < -0.4 is 10.1 Å². The van der Waals surface area contributed by atoms with Crippen LogP contribution in [0.3, 0.4) is 0 Å². The predicted molar refractivity (Wildman–Crippen MR) is 134 cm³/mol. The molecule has 0 aliphatic carbocycles. The minimum absolute atomic E-state index is 0.0582. The molecule has 0 bridgehead atoms. The summed E-state index contributed by atoms with van der Waals surface area (Å²) in [6.45, 7) is 7.10. The summed E-state index contributed by atoms with van der Waals surface area (Å²) in [5, 5.41) is 2.91. The van der Waals surface area contributed by atoms with Crippen molar-refractivity contribution >= 4 is 11.8 Å². The van der Waals surface area contributed by atoms with Gasteiger partial charge in [0.05, 0.1) is 6.04 Å². The fraction of sp³-hybridized carbons (Fsp3) is 0.310. The van der Waals surface area contributed by atoms with E-state index in [1.807, 2.05) is 55.1 Å². The predicted octanol–water partition coefficient (Wildman–Crippen LogP) is 4.88. The van der Waals surface area contributed by atoms with E-state index in [1.165, 1.54) is 5.56 Å². The molecule has 2 amide bonds. The number of rotatable bonds is 7. The number of nitrogens with one attached hydrogen (secondary N) is 1. The first kappa shape index (κ1) is 23.6. The Morgan fingerprint density at radius 2 is 1.76 bits per heavy atom. The second-order valence-corrected chi connectivity index (χ2v) is 8.92. The minimum atomic E-state index is -0.169. The Balaban J connectivity index is 1.50. The van der Waals surface area contributed by atoms with Crippen molar-refractivity contribution in [2.45, 2.75) is 46.2 Å². The van der Waals surface area contributed by atoms with Crippen LogP contribution in [0.2, 0.25) is 0 Å². The van der Waals surface area contributed by atoms with Gasteiger partial charge in [0.25, 0.3) is 5.91 Å². The summed E-state index contributed by atoms with van der Waals surface area (Å²) in [7, 11) is 0. The van der Waals surface area contributed by atoms with Gasteiger partial charge in [-0.3, -0.25) is 9.59 Å². The average molecular weight is 457 g/mol. The number of aryl methyl sites for hydroxylation is 2. The molecule has 1 unspecified atom stereocenters. The second-order valence-electron chi connectivity index (χ2n) is 8.92. The Kier molecular flexibility index (Phi) is 7.31. The monoisotopic (exact) mass is 456 g/mol. The number of carbonyl (C=O) groups excluding carboxylic acids is 2. The van der Waals surface area contributed by atoms with Gasteiger partial charge < -0.3 is 15.0 Å². The molecule has 5 heteroatoms. The average Bonchev–Trinajstić information content (AvgIpc) is 2.85. The molecule has 1 aliphatic heterocycles. The van der Waals surface area contributed by atoms with E-state index in [2.05, 4.69) is 42.6 Å². The van der Waals surface area contributed by atoms with Crippen LogP contribution in [0.1, 0.15) is 52.8 Å². The number of hydrogen-bond donors (Lipinski definition) is 1. The molecular weight excluding hydrogens is 424 g/mol. The van der Waals surface area contributed by atoms with E-state index in [0.29, 0.717) is 25.3 Å². The van der Waals surface area contributed by atoms with Crippen molar-refractivity contribution < 1.29 is 14.3 Å². The van der Waals surface area contributed by atoms with Crippen molar-refractivity contribution in [1.82, 2.24) is 10.2 Å². The molecule has 1 N–H and O–H groups in total. The van der Waals surface area contributed by atoms with Crippen LogP contribution in [0.15, 0.2) is 66.7 Å². The number of benzene rings is 3. The highest BCUT2D eigenvalue weighted by Crippen LogP contribution is 2.37. The van der Waals surface area contributed by atoms with Gasteiger partial charge in [0.15, 0.2) is 6.61 Å². The van der Waals surface area contributed by atoms with Crippen LogP contribution in [0, 0.1) is 13.8 Å². The van der Waals surface area contributed by atoms with Crippen molar-refractivity contribution in [3.63, 3.8) is 0 Å². The molecule has 3 aromatic rings. The zero-order valence-corrected chi connectivity index (χ0v) is 20.1. The van der Waals surface area contributed by atoms with Gasteiger partial charge in [-0.1, -0.05) is 72.6 Å². The first-order chi connectivity index (χ1) is 16.4. The molecule has 176 valence electrons. The van der Waals surface area contributed by atoms with Crippen molar-refractivity contribution in [2.24, 2.45) is 0 Å². The standard InChI is InChI=1S/C29H32N2O3/c1-4-28(33)31-14-13-23-11-12-25(17-26(23)29(31)24-10-6-8-21(3)16-24)34-19-27(32)30-18-22-9-5-7-20(2)15-22/h5-12,15-17,29H,4,13-14,18-19H2,1-3H3,(H,30,32). The van der Waals surface area contributed by atoms with E-state index in [-0.39, 0.29) is 24.5 Å². The lowest BCUT2D eigenvalue weighted by molar-refractivity contribution is -0.133. The maximum atomic E-state index is 12.8. The van der Waals surface area contributed by atoms with Gasteiger partial charge in [0, 0.05) is 19.5 Å². The molecule has 1 atom stereocenters. The molecule has 0 spiro atoms. The van der Waals surface area contributed by atoms with E-state index in [0.717, 1.165) is 34.2 Å². The van der Waals surface area contributed by atoms with Crippen LogP contribution in [-0.4, -0.2) is 29.9 Å². The number of carbonyl (C=O) groups is 2. The zero-order valence-electron chi connectivity index (χ0n) is 20.1. The first-order valence-corrected chi connectivity index (χ1v) is 11.9. The molecule has 0 aromatic heterocycles. The highest BCUT2D eigenvalue weighted by molar-refractivity contribution is 5.78. The normalized spacial score (nSPS) is 14.9. The summed E-state index contributed by atoms with van der Waals surface area (Å²) in [6, 6.07) is 22.2. The van der Waals surface area contributed by atoms with Gasteiger partial charge in [0.1, 0.15) is 5.75 Å². The maximum absolute atomic E-state index is 12.8. The Hall–Kier alpha value is -3.60. The molecule has 0 saturated heterocycles. The lowest BCUT2D eigenvalue weighted by Crippen LogP contribution is -2.40. The lowest BCUT2D eigenvalue weighted by Gasteiger charge is -2.38. The Bertz CT molecular complexity index is 1190. The zero-order chi connectivity index (χ0) is 24.1. The fourth-order valence-corrected chi connectivity index (χ4v) is 4.58. The van der Waals surface area contributed by atoms with Crippen molar-refractivity contribution in [2.75, 3.05) is 13.2 Å². The van der Waals surface area contributed by atoms with Crippen LogP contribution in [0.25, 0.3) is 0 Å². The van der Waals surface area contributed by atoms with Gasteiger partial charge in [-0.2, -0.15) is 0 Å². The molecule has 1 aliphatic rings. The van der Waals surface area contributed by atoms with Crippen LogP contribution >= 0.6 is 0 Å². The van der Waals surface area contributed by atoms with E-state index < -0.39 is 0 Å². The SMILES string of the molecule is CCC(=O)N1CCc2ccc(OCC(=O)NCc3cccc(C)c3)cc2C1c1cccc(C)c1. The van der Waals surface area contributed by atoms with E-state index >= 15 is 0 Å². The molecule has 0 radical (unpaired) electrons. The maximum Gasteiger partial charge on any atom is 0.258 e. The fourth-order valence-electron chi connectivity index (χ4n) is 4.58. The smallest absolute Gasteiger partial charge is 0.258 e. The topological polar surface area (TPSA) is 58.6 Å². The van der Waals surface area contributed by atoms with E-state index in [9.17, 15) is 9.59 Å². The lowest BCUT2D eigenvalue weighted by atomic mass is 9.87. The Morgan fingerprint density at radius 3 is 2.50 bits per heavy atom. The number of fused-ring (bicyclic) bond motifs is 1. The third kappa shape index (κ3) is 5.48. The van der Waals surface area contributed by atoms with Crippen molar-refractivity contribution in [3.05, 3.63) is 100 Å². The van der Waals surface area contributed by atoms with Gasteiger partial charge in [-0.25, -0.2) is 0 Å². The highest BCUT2D eigenvalue weighted by atomic mass is 16.5. The Labute approximate surface area is 201 Å². The third-order valence-corrected chi connectivity index (χ3v) is 6.27. The molecule has 3 aromatic carbocycles. The summed E-state index contributed by atoms with van der Waals surface area (Å²) in [5.41, 5.74) is 6.75. The third-order valence-electron chi connectivity index (χ3n) is 6.27. The van der Waals surface area contributed by atoms with E-state index in [4.69, 9.17) is 4.74 Å². The minimum Gasteiger partial charge on any atom is -0.484 e. The van der Waals surface area contributed by atoms with Crippen molar-refractivity contribution in [1.29, 1.82) is 0 Å². The van der Waals surface area contributed by atoms with Crippen LogP contribution in [-0.2, 0) is 22.6 Å². The van der Waals surface area contributed by atoms with E-state index in [1.54, 1.807) is 0 Å². The van der Waals surface area contributed by atoms with Crippen LogP contribution in [0.4, 0.5) is 0 Å². The summed E-state index contributed by atoms with van der Waals surface area (Å²) in [4.78, 5) is 27.1. The number of ether oxygens (including phenoxy) is 1. The molecule has 0 saturated carbocycles. The molecule has 1 heterocycles. The first-order valence-electron chi connectivity index (χ1n) is 11.9. The summed E-state index contributed by atoms with van der Waals surface area (Å²) < 4.78 is 5.86. The number of hydrogen-bond acceptors (Lipinski definition) is 3. The van der Waals surface area contributed by atoms with Crippen LogP contribution in [0.5, 0.6) is 5.75 Å². The molecule has 4 rings (SSSR count). The van der Waals surface area contributed by atoms with Crippen molar-refractivity contribution in [3.8, 4) is 5.75 Å². The molecular formula is C29H32N2O3. The molecule has 0 fully saturated rings. The number of nitrogens with zero attached hydrogens (tertiary/aromatic N) is 1. The number of amides is 2. The van der Waals surface area contributed by atoms with Gasteiger partial charge >= 0.3 is 0 Å². The second kappa shape index (κ2) is 10.6.